The van der Waals surface area contributed by atoms with E-state index < -0.39 is 4.92 Å². The van der Waals surface area contributed by atoms with Gasteiger partial charge in [0.1, 0.15) is 17.3 Å². The summed E-state index contributed by atoms with van der Waals surface area (Å²) in [7, 11) is 0. The zero-order chi connectivity index (χ0) is 15.5. The third kappa shape index (κ3) is 3.20. The quantitative estimate of drug-likeness (QED) is 0.667. The van der Waals surface area contributed by atoms with Gasteiger partial charge >= 0.3 is 5.69 Å². The van der Waals surface area contributed by atoms with E-state index in [1.54, 1.807) is 12.1 Å². The maximum Gasteiger partial charge on any atom is 0.310 e. The predicted molar refractivity (Wildman–Crippen MR) is 83.8 cm³/mol. The molecule has 3 rings (SSSR count). The van der Waals surface area contributed by atoms with E-state index in [4.69, 9.17) is 5.26 Å². The van der Waals surface area contributed by atoms with Crippen LogP contribution in [-0.2, 0) is 0 Å². The Labute approximate surface area is 129 Å². The summed E-state index contributed by atoms with van der Waals surface area (Å²) in [4.78, 5) is 12.9. The van der Waals surface area contributed by atoms with Crippen LogP contribution in [0.2, 0.25) is 0 Å². The number of nitrogens with one attached hydrogen (secondary N) is 1. The first kappa shape index (κ1) is 14.8. The van der Waals surface area contributed by atoms with E-state index in [0.717, 1.165) is 38.4 Å². The lowest BCUT2D eigenvalue weighted by atomic mass is 10.0. The first-order valence-electron chi connectivity index (χ1n) is 7.85. The van der Waals surface area contributed by atoms with Crippen molar-refractivity contribution in [1.29, 1.82) is 5.26 Å². The normalized spacial score (nSPS) is 19.0. The first-order valence-corrected chi connectivity index (χ1v) is 7.85. The van der Waals surface area contributed by atoms with E-state index in [2.05, 4.69) is 5.32 Å². The molecule has 22 heavy (non-hydrogen) atoms. The van der Waals surface area contributed by atoms with Gasteiger partial charge in [-0.3, -0.25) is 10.1 Å². The molecule has 1 N–H and O–H groups in total. The Morgan fingerprint density at radius 1 is 1.32 bits per heavy atom. The summed E-state index contributed by atoms with van der Waals surface area (Å²) < 4.78 is 0. The Balaban J connectivity index is 1.68. The topological polar surface area (TPSA) is 82.2 Å². The van der Waals surface area contributed by atoms with E-state index in [1.165, 1.54) is 18.9 Å². The average Bonchev–Trinajstić information content (AvgIpc) is 3.37. The molecule has 0 atom stereocenters. The number of anilines is 1. The molecule has 0 aromatic heterocycles. The molecule has 1 aliphatic carbocycles. The molecule has 1 aliphatic heterocycles. The molecule has 0 radical (unpaired) electrons. The molecule has 116 valence electrons. The van der Waals surface area contributed by atoms with Crippen LogP contribution in [0, 0.1) is 27.4 Å². The summed E-state index contributed by atoms with van der Waals surface area (Å²) in [5.74, 6) is 0.867. The highest BCUT2D eigenvalue weighted by Gasteiger charge is 2.28. The van der Waals surface area contributed by atoms with Gasteiger partial charge < -0.3 is 10.2 Å². The van der Waals surface area contributed by atoms with Crippen LogP contribution in [-0.4, -0.2) is 30.6 Å². The zero-order valence-corrected chi connectivity index (χ0v) is 12.5. The monoisotopic (exact) mass is 300 g/mol. The molecule has 2 aliphatic rings. The molecular formula is C16H20N4O2. The maximum atomic E-state index is 11.3. The van der Waals surface area contributed by atoms with Gasteiger partial charge in [-0.1, -0.05) is 6.07 Å². The van der Waals surface area contributed by atoms with Crippen LogP contribution in [0.1, 0.15) is 31.2 Å². The first-order chi connectivity index (χ1) is 10.7. The smallest absolute Gasteiger partial charge is 0.310 e. The summed E-state index contributed by atoms with van der Waals surface area (Å²) in [6.07, 6.45) is 4.67. The molecule has 0 bridgehead atoms. The second kappa shape index (κ2) is 6.32. The Morgan fingerprint density at radius 2 is 2.05 bits per heavy atom. The van der Waals surface area contributed by atoms with Gasteiger partial charge in [-0.05, 0) is 50.3 Å². The van der Waals surface area contributed by atoms with E-state index in [9.17, 15) is 10.1 Å². The number of nitrogens with zero attached hydrogens (tertiary/aromatic N) is 3. The van der Waals surface area contributed by atoms with Gasteiger partial charge in [-0.15, -0.1) is 0 Å². The van der Waals surface area contributed by atoms with Gasteiger partial charge in [-0.25, -0.2) is 0 Å². The SMILES string of the molecule is N#Cc1cccc(N2CCC(NCC3CC3)CC2)c1[N+](=O)[O-]. The van der Waals surface area contributed by atoms with Gasteiger partial charge in [-0.2, -0.15) is 5.26 Å². The van der Waals surface area contributed by atoms with Crippen molar-refractivity contribution in [3.05, 3.63) is 33.9 Å². The number of hydrogen-bond donors (Lipinski definition) is 1. The summed E-state index contributed by atoms with van der Waals surface area (Å²) in [5, 5.41) is 24.0. The molecule has 1 saturated heterocycles. The number of nitriles is 1. The van der Waals surface area contributed by atoms with Crippen LogP contribution in [0.5, 0.6) is 0 Å². The Morgan fingerprint density at radius 3 is 2.64 bits per heavy atom. The van der Waals surface area contributed by atoms with Crippen molar-refractivity contribution in [3.63, 3.8) is 0 Å². The van der Waals surface area contributed by atoms with Crippen molar-refractivity contribution in [3.8, 4) is 6.07 Å². The van der Waals surface area contributed by atoms with Gasteiger partial charge in [0.2, 0.25) is 0 Å². The van der Waals surface area contributed by atoms with Crippen molar-refractivity contribution in [2.75, 3.05) is 24.5 Å². The minimum absolute atomic E-state index is 0.0608. The molecule has 6 nitrogen and oxygen atoms in total. The number of nitro benzene ring substituents is 1. The summed E-state index contributed by atoms with van der Waals surface area (Å²) in [6, 6.07) is 7.41. The average molecular weight is 300 g/mol. The highest BCUT2D eigenvalue weighted by molar-refractivity contribution is 5.70. The molecule has 1 aromatic carbocycles. The predicted octanol–water partition coefficient (Wildman–Crippen LogP) is 2.43. The number of hydrogen-bond acceptors (Lipinski definition) is 5. The van der Waals surface area contributed by atoms with Crippen LogP contribution in [0.3, 0.4) is 0 Å². The highest BCUT2D eigenvalue weighted by atomic mass is 16.6. The molecule has 1 aromatic rings. The molecule has 2 fully saturated rings. The standard InChI is InChI=1S/C16H20N4O2/c17-10-13-2-1-3-15(16(13)20(21)22)19-8-6-14(7-9-19)18-11-12-4-5-12/h1-3,12,14,18H,4-9,11H2. The van der Waals surface area contributed by atoms with E-state index in [1.807, 2.05) is 11.0 Å². The van der Waals surface area contributed by atoms with Gasteiger partial charge in [0.15, 0.2) is 0 Å². The number of nitro groups is 1. The molecule has 6 heteroatoms. The maximum absolute atomic E-state index is 11.3. The molecule has 1 heterocycles. The lowest BCUT2D eigenvalue weighted by Gasteiger charge is -2.33. The molecular weight excluding hydrogens is 280 g/mol. The number of piperidine rings is 1. The van der Waals surface area contributed by atoms with Crippen LogP contribution in [0.15, 0.2) is 18.2 Å². The third-order valence-electron chi connectivity index (χ3n) is 4.55. The molecule has 0 amide bonds. The Kier molecular flexibility index (Phi) is 4.25. The van der Waals surface area contributed by atoms with E-state index >= 15 is 0 Å². The van der Waals surface area contributed by atoms with Crippen LogP contribution in [0.25, 0.3) is 0 Å². The second-order valence-electron chi connectivity index (χ2n) is 6.16. The Bertz CT molecular complexity index is 599. The fraction of sp³-hybridized carbons (Fsp3) is 0.562. The third-order valence-corrected chi connectivity index (χ3v) is 4.55. The van der Waals surface area contributed by atoms with Gasteiger partial charge in [0.05, 0.1) is 4.92 Å². The summed E-state index contributed by atoms with van der Waals surface area (Å²) in [6.45, 7) is 2.69. The van der Waals surface area contributed by atoms with Crippen LogP contribution >= 0.6 is 0 Å². The van der Waals surface area contributed by atoms with Crippen molar-refractivity contribution in [1.82, 2.24) is 5.32 Å². The lowest BCUT2D eigenvalue weighted by molar-refractivity contribution is -0.384. The molecule has 0 unspecified atom stereocenters. The van der Waals surface area contributed by atoms with Crippen molar-refractivity contribution >= 4 is 11.4 Å². The van der Waals surface area contributed by atoms with E-state index in [-0.39, 0.29) is 11.3 Å². The minimum Gasteiger partial charge on any atom is -0.366 e. The number of benzene rings is 1. The van der Waals surface area contributed by atoms with E-state index in [0.29, 0.717) is 11.7 Å². The lowest BCUT2D eigenvalue weighted by Crippen LogP contribution is -2.43. The minimum atomic E-state index is -0.439. The van der Waals surface area contributed by atoms with Crippen LogP contribution < -0.4 is 10.2 Å². The highest BCUT2D eigenvalue weighted by Crippen LogP contribution is 2.33. The van der Waals surface area contributed by atoms with Crippen molar-refractivity contribution in [2.24, 2.45) is 5.92 Å². The van der Waals surface area contributed by atoms with Crippen molar-refractivity contribution < 1.29 is 4.92 Å². The fourth-order valence-corrected chi connectivity index (χ4v) is 3.05. The number of para-hydroxylation sites is 1. The molecule has 1 saturated carbocycles. The second-order valence-corrected chi connectivity index (χ2v) is 6.16. The number of rotatable bonds is 5. The van der Waals surface area contributed by atoms with Crippen LogP contribution in [0.4, 0.5) is 11.4 Å². The summed E-state index contributed by atoms with van der Waals surface area (Å²) in [5.41, 5.74) is 0.649. The van der Waals surface area contributed by atoms with Gasteiger partial charge in [0, 0.05) is 19.1 Å². The molecule has 0 spiro atoms. The largest absolute Gasteiger partial charge is 0.366 e. The zero-order valence-electron chi connectivity index (χ0n) is 12.5. The fourth-order valence-electron chi connectivity index (χ4n) is 3.05. The Hall–Kier alpha value is -2.13. The van der Waals surface area contributed by atoms with Gasteiger partial charge in [0.25, 0.3) is 0 Å². The summed E-state index contributed by atoms with van der Waals surface area (Å²) >= 11 is 0. The van der Waals surface area contributed by atoms with Crippen molar-refractivity contribution in [2.45, 2.75) is 31.7 Å².